The molecule has 8 aliphatic rings. The number of rotatable bonds is 6. The summed E-state index contributed by atoms with van der Waals surface area (Å²) in [6.45, 7) is 16.3. The molecule has 1 spiro atoms. The highest BCUT2D eigenvalue weighted by atomic mass is 16.9. The maximum atomic E-state index is 12.2. The van der Waals surface area contributed by atoms with E-state index in [1.165, 1.54) is 52.0 Å². The van der Waals surface area contributed by atoms with Crippen LogP contribution in [0.15, 0.2) is 11.6 Å². The number of carbonyl (C=O) groups excluding carboxylic acids is 3. The molecule has 53 heavy (non-hydrogen) atoms. The minimum Gasteiger partial charge on any atom is -0.463 e. The van der Waals surface area contributed by atoms with E-state index in [9.17, 15) is 14.4 Å². The third-order valence-corrected chi connectivity index (χ3v) is 15.2. The Bertz CT molecular complexity index is 1490. The lowest BCUT2D eigenvalue weighted by Crippen LogP contribution is -2.60. The summed E-state index contributed by atoms with van der Waals surface area (Å²) in [6.07, 6.45) is 7.53. The van der Waals surface area contributed by atoms with Crippen molar-refractivity contribution in [2.24, 2.45) is 46.3 Å². The van der Waals surface area contributed by atoms with Gasteiger partial charge in [-0.1, -0.05) is 39.3 Å². The molecule has 12 heteroatoms. The van der Waals surface area contributed by atoms with E-state index < -0.39 is 54.6 Å². The molecule has 0 amide bonds. The van der Waals surface area contributed by atoms with Gasteiger partial charge in [0.25, 0.3) is 5.97 Å². The van der Waals surface area contributed by atoms with E-state index in [0.29, 0.717) is 47.0 Å². The Morgan fingerprint density at radius 2 is 1.64 bits per heavy atom. The van der Waals surface area contributed by atoms with Crippen molar-refractivity contribution in [2.45, 2.75) is 168 Å². The van der Waals surface area contributed by atoms with Gasteiger partial charge in [0.1, 0.15) is 18.4 Å². The molecule has 0 aromatic rings. The molecule has 17 atom stereocenters. The molecule has 4 saturated heterocycles. The highest BCUT2D eigenvalue weighted by Crippen LogP contribution is 2.70. The van der Waals surface area contributed by atoms with E-state index in [1.54, 1.807) is 6.92 Å². The molecule has 7 fully saturated rings. The van der Waals surface area contributed by atoms with Crippen molar-refractivity contribution in [2.75, 3.05) is 13.2 Å². The van der Waals surface area contributed by atoms with Gasteiger partial charge in [-0.25, -0.2) is 0 Å². The fraction of sp³-hybridized carbons (Fsp3) is 0.878. The van der Waals surface area contributed by atoms with Crippen LogP contribution in [-0.4, -0.2) is 85.7 Å². The second-order valence-electron chi connectivity index (χ2n) is 18.5. The molecular formula is C41H61NO11. The fourth-order valence-corrected chi connectivity index (χ4v) is 12.9. The average Bonchev–Trinajstić information content (AvgIpc) is 3.67. The highest BCUT2D eigenvalue weighted by Gasteiger charge is 2.68. The Labute approximate surface area is 314 Å². The summed E-state index contributed by atoms with van der Waals surface area (Å²) >= 11 is 0. The van der Waals surface area contributed by atoms with Crippen molar-refractivity contribution in [3.05, 3.63) is 11.6 Å². The lowest BCUT2D eigenvalue weighted by Gasteiger charge is -2.58. The van der Waals surface area contributed by atoms with Gasteiger partial charge in [0.05, 0.1) is 12.2 Å². The van der Waals surface area contributed by atoms with Crippen LogP contribution in [0.3, 0.4) is 0 Å². The standard InChI is InChI=1S/C41H61NO11/c1-21-11-16-41(42-19-21)22(2)33-31(51-41)18-30-28-10-9-26-17-27(12-14-38(26,6)29(28)13-15-39(30,33)7)50-40(8)52-36-35(48-25(5)45)34(47-24(4)44)32(20-46-23(3)43)49-37(36)53-40/h9,21-22,27-37,42H,10-20H2,1-8H3/t21-,22+,27-,28-,29+,30+,31+,32-,33+,34-,35+,36-,37-,38+,39+,40-,41+/m1/s1. The van der Waals surface area contributed by atoms with Gasteiger partial charge in [0, 0.05) is 40.2 Å². The van der Waals surface area contributed by atoms with Crippen molar-refractivity contribution in [3.63, 3.8) is 0 Å². The van der Waals surface area contributed by atoms with Gasteiger partial charge in [-0.15, -0.1) is 0 Å². The minimum absolute atomic E-state index is 0.119. The first-order valence-corrected chi connectivity index (χ1v) is 20.3. The zero-order valence-corrected chi connectivity index (χ0v) is 32.9. The Balaban J connectivity index is 0.951. The highest BCUT2D eigenvalue weighted by molar-refractivity contribution is 5.68. The number of piperidine rings is 1. The van der Waals surface area contributed by atoms with Gasteiger partial charge in [0.2, 0.25) is 0 Å². The molecule has 1 N–H and O–H groups in total. The van der Waals surface area contributed by atoms with Crippen LogP contribution < -0.4 is 5.32 Å². The molecule has 296 valence electrons. The molecule has 4 aliphatic heterocycles. The predicted molar refractivity (Wildman–Crippen MR) is 189 cm³/mol. The first kappa shape index (κ1) is 37.8. The molecule has 12 nitrogen and oxygen atoms in total. The summed E-state index contributed by atoms with van der Waals surface area (Å²) in [5.74, 6) is 0.612. The van der Waals surface area contributed by atoms with Crippen LogP contribution in [-0.2, 0) is 52.3 Å². The van der Waals surface area contributed by atoms with Crippen molar-refractivity contribution in [3.8, 4) is 0 Å². The first-order chi connectivity index (χ1) is 25.0. The van der Waals surface area contributed by atoms with Gasteiger partial charge in [0.15, 0.2) is 24.6 Å². The SMILES string of the molecule is CC(=O)OC[C@H]1O[C@@H]2O[C@](C)(O[C@@H]3CC[C@@]4(C)C(=CC[C@H]5[C@@H]6C[C@@H]7O[C@@]8(CC[C@@H](C)CN8)[C@@H](C)[C@@H]7[C@@]6(C)CC[C@@H]54)C3)O[C@@H]2[C@@H](OC(C)=O)[C@@H]1OC(C)=O. The van der Waals surface area contributed by atoms with Crippen LogP contribution in [0.5, 0.6) is 0 Å². The van der Waals surface area contributed by atoms with E-state index in [4.69, 9.17) is 37.9 Å². The lowest BCUT2D eigenvalue weighted by molar-refractivity contribution is -0.360. The summed E-state index contributed by atoms with van der Waals surface area (Å²) in [5, 5.41) is 3.89. The minimum atomic E-state index is -1.51. The number of hydrogen-bond acceptors (Lipinski definition) is 12. The molecule has 0 unspecified atom stereocenters. The molecule has 3 saturated carbocycles. The number of allylic oxidation sites excluding steroid dienone is 1. The number of ether oxygens (including phenoxy) is 8. The van der Waals surface area contributed by atoms with Gasteiger partial charge in [-0.05, 0) is 98.2 Å². The first-order valence-electron chi connectivity index (χ1n) is 20.3. The number of fused-ring (bicyclic) bond motifs is 8. The molecule has 0 aromatic heterocycles. The maximum absolute atomic E-state index is 12.2. The molecular weight excluding hydrogens is 682 g/mol. The number of carbonyl (C=O) groups is 3. The summed E-state index contributed by atoms with van der Waals surface area (Å²) in [6, 6.07) is 0. The quantitative estimate of drug-likeness (QED) is 0.208. The van der Waals surface area contributed by atoms with Gasteiger partial charge in [-0.3, -0.25) is 24.4 Å². The Kier molecular flexibility index (Phi) is 9.66. The van der Waals surface area contributed by atoms with Crippen LogP contribution in [0.4, 0.5) is 0 Å². The average molecular weight is 744 g/mol. The molecule has 0 aromatic carbocycles. The molecule has 0 radical (unpaired) electrons. The van der Waals surface area contributed by atoms with Crippen LogP contribution in [0.25, 0.3) is 0 Å². The number of hydrogen-bond donors (Lipinski definition) is 1. The van der Waals surface area contributed by atoms with Crippen molar-refractivity contribution in [1.82, 2.24) is 5.32 Å². The summed E-state index contributed by atoms with van der Waals surface area (Å²) in [7, 11) is 0. The number of esters is 3. The second kappa shape index (κ2) is 13.5. The largest absolute Gasteiger partial charge is 0.463 e. The smallest absolute Gasteiger partial charge is 0.303 e. The Morgan fingerprint density at radius 3 is 2.34 bits per heavy atom. The summed E-state index contributed by atoms with van der Waals surface area (Å²) in [5.41, 5.74) is 1.77. The molecule has 8 rings (SSSR count). The lowest BCUT2D eigenvalue weighted by atomic mass is 9.47. The monoisotopic (exact) mass is 743 g/mol. The fourth-order valence-electron chi connectivity index (χ4n) is 12.9. The zero-order chi connectivity index (χ0) is 37.7. The Morgan fingerprint density at radius 1 is 0.887 bits per heavy atom. The van der Waals surface area contributed by atoms with Crippen molar-refractivity contribution >= 4 is 17.9 Å². The van der Waals surface area contributed by atoms with Crippen molar-refractivity contribution < 1.29 is 52.3 Å². The van der Waals surface area contributed by atoms with Gasteiger partial charge in [-0.2, -0.15) is 0 Å². The van der Waals surface area contributed by atoms with Crippen LogP contribution >= 0.6 is 0 Å². The molecule has 0 bridgehead atoms. The maximum Gasteiger partial charge on any atom is 0.303 e. The van der Waals surface area contributed by atoms with Crippen molar-refractivity contribution in [1.29, 1.82) is 0 Å². The summed E-state index contributed by atoms with van der Waals surface area (Å²) in [4.78, 5) is 36.0. The van der Waals surface area contributed by atoms with Crippen LogP contribution in [0.1, 0.15) is 113 Å². The topological polar surface area (TPSA) is 137 Å². The summed E-state index contributed by atoms with van der Waals surface area (Å²) < 4.78 is 49.0. The van der Waals surface area contributed by atoms with Crippen LogP contribution in [0, 0.1) is 46.3 Å². The van der Waals surface area contributed by atoms with E-state index >= 15 is 0 Å². The van der Waals surface area contributed by atoms with E-state index in [2.05, 4.69) is 39.1 Å². The Hall–Kier alpha value is -2.09. The second-order valence-corrected chi connectivity index (χ2v) is 18.5. The van der Waals surface area contributed by atoms with Gasteiger partial charge < -0.3 is 33.2 Å². The predicted octanol–water partition coefficient (Wildman–Crippen LogP) is 5.55. The third kappa shape index (κ3) is 6.39. The van der Waals surface area contributed by atoms with E-state index in [-0.39, 0.29) is 23.9 Å². The molecule has 4 aliphatic carbocycles. The van der Waals surface area contributed by atoms with Gasteiger partial charge >= 0.3 is 17.9 Å². The van der Waals surface area contributed by atoms with E-state index in [0.717, 1.165) is 38.6 Å². The zero-order valence-electron chi connectivity index (χ0n) is 32.9. The third-order valence-electron chi connectivity index (χ3n) is 15.2. The number of nitrogens with one attached hydrogen (secondary N) is 1. The molecule has 4 heterocycles. The normalized spacial score (nSPS) is 51.2. The van der Waals surface area contributed by atoms with Crippen LogP contribution in [0.2, 0.25) is 0 Å². The van der Waals surface area contributed by atoms with E-state index in [1.807, 2.05) is 0 Å².